The molecule has 2 aromatic carbocycles. The molecule has 0 atom stereocenters. The third-order valence-corrected chi connectivity index (χ3v) is 3.75. The van der Waals surface area contributed by atoms with E-state index in [9.17, 15) is 27.9 Å². The maximum atomic E-state index is 12.7. The van der Waals surface area contributed by atoms with Crippen molar-refractivity contribution in [3.05, 3.63) is 69.5 Å². The lowest BCUT2D eigenvalue weighted by Gasteiger charge is -2.14. The summed E-state index contributed by atoms with van der Waals surface area (Å²) < 4.78 is 39.3. The zero-order valence-corrected chi connectivity index (χ0v) is 12.8. The van der Waals surface area contributed by atoms with Crippen molar-refractivity contribution in [2.45, 2.75) is 13.1 Å². The molecule has 0 spiro atoms. The molecule has 25 heavy (non-hydrogen) atoms. The standard InChI is InChI=1S/C17H11F3N2O3/c1-9-3-2-4-12-14(9)22(21-13(15(12)23)16(24)25)11-7-5-10(6-8-11)17(18,19)20/h2-8H,1H3,(H,24,25). The Morgan fingerprint density at radius 2 is 1.76 bits per heavy atom. The molecule has 5 nitrogen and oxygen atoms in total. The monoisotopic (exact) mass is 348 g/mol. The second-order valence-corrected chi connectivity index (χ2v) is 5.41. The van der Waals surface area contributed by atoms with Crippen molar-refractivity contribution in [1.29, 1.82) is 0 Å². The Labute approximate surface area is 138 Å². The molecule has 0 fully saturated rings. The van der Waals surface area contributed by atoms with Crippen molar-refractivity contribution in [1.82, 2.24) is 9.78 Å². The second-order valence-electron chi connectivity index (χ2n) is 5.41. The first kappa shape index (κ1) is 16.7. The van der Waals surface area contributed by atoms with E-state index in [1.54, 1.807) is 19.1 Å². The number of aromatic carboxylic acids is 1. The minimum absolute atomic E-state index is 0.132. The highest BCUT2D eigenvalue weighted by Gasteiger charge is 2.30. The van der Waals surface area contributed by atoms with E-state index >= 15 is 0 Å². The number of alkyl halides is 3. The van der Waals surface area contributed by atoms with Gasteiger partial charge in [0.15, 0.2) is 0 Å². The highest BCUT2D eigenvalue weighted by Crippen LogP contribution is 2.30. The van der Waals surface area contributed by atoms with Crippen LogP contribution >= 0.6 is 0 Å². The zero-order chi connectivity index (χ0) is 18.4. The molecule has 0 saturated carbocycles. The molecule has 0 bridgehead atoms. The van der Waals surface area contributed by atoms with E-state index in [4.69, 9.17) is 0 Å². The molecule has 0 unspecified atom stereocenters. The predicted molar refractivity (Wildman–Crippen MR) is 84.0 cm³/mol. The summed E-state index contributed by atoms with van der Waals surface area (Å²) in [7, 11) is 0. The molecule has 8 heteroatoms. The number of rotatable bonds is 2. The molecule has 1 heterocycles. The fourth-order valence-electron chi connectivity index (χ4n) is 2.56. The topological polar surface area (TPSA) is 72.2 Å². The van der Waals surface area contributed by atoms with Gasteiger partial charge in [0.25, 0.3) is 0 Å². The maximum absolute atomic E-state index is 12.7. The summed E-state index contributed by atoms with van der Waals surface area (Å²) in [5.41, 5.74) is -1.07. The smallest absolute Gasteiger partial charge is 0.416 e. The van der Waals surface area contributed by atoms with Gasteiger partial charge in [-0.2, -0.15) is 18.3 Å². The first-order valence-electron chi connectivity index (χ1n) is 7.14. The SMILES string of the molecule is Cc1cccc2c(=O)c(C(=O)O)nn(-c3ccc(C(F)(F)F)cc3)c12. The Bertz CT molecular complexity index is 1040. The molecule has 0 aliphatic heterocycles. The van der Waals surface area contributed by atoms with Gasteiger partial charge in [-0.25, -0.2) is 9.48 Å². The van der Waals surface area contributed by atoms with Crippen LogP contribution in [0.2, 0.25) is 0 Å². The summed E-state index contributed by atoms with van der Waals surface area (Å²) in [6, 6.07) is 8.86. The van der Waals surface area contributed by atoms with Gasteiger partial charge in [-0.3, -0.25) is 4.79 Å². The number of carboxylic acid groups (broad SMARTS) is 1. The highest BCUT2D eigenvalue weighted by atomic mass is 19.4. The number of halogens is 3. The maximum Gasteiger partial charge on any atom is 0.416 e. The molecular formula is C17H11F3N2O3. The van der Waals surface area contributed by atoms with Crippen molar-refractivity contribution in [3.63, 3.8) is 0 Å². The van der Waals surface area contributed by atoms with Gasteiger partial charge in [0, 0.05) is 0 Å². The third-order valence-electron chi connectivity index (χ3n) is 3.75. The van der Waals surface area contributed by atoms with E-state index in [1.807, 2.05) is 0 Å². The Hall–Kier alpha value is -3.16. The summed E-state index contributed by atoms with van der Waals surface area (Å²) in [5.74, 6) is -1.51. The summed E-state index contributed by atoms with van der Waals surface area (Å²) in [5, 5.41) is 13.2. The van der Waals surface area contributed by atoms with Gasteiger partial charge in [-0.1, -0.05) is 12.1 Å². The molecule has 0 aliphatic rings. The summed E-state index contributed by atoms with van der Waals surface area (Å²) in [6.07, 6.45) is -4.49. The van der Waals surface area contributed by atoms with E-state index in [1.165, 1.54) is 22.9 Å². The Morgan fingerprint density at radius 1 is 1.12 bits per heavy atom. The van der Waals surface area contributed by atoms with Gasteiger partial charge in [-0.05, 0) is 42.8 Å². The molecule has 3 aromatic rings. The second kappa shape index (κ2) is 5.73. The van der Waals surface area contributed by atoms with Crippen molar-refractivity contribution >= 4 is 16.9 Å². The van der Waals surface area contributed by atoms with Crippen LogP contribution in [0.3, 0.4) is 0 Å². The van der Waals surface area contributed by atoms with Crippen LogP contribution in [0.1, 0.15) is 21.6 Å². The van der Waals surface area contributed by atoms with Crippen LogP contribution in [0.4, 0.5) is 13.2 Å². The number of hydrogen-bond donors (Lipinski definition) is 1. The number of fused-ring (bicyclic) bond motifs is 1. The van der Waals surface area contributed by atoms with E-state index in [0.29, 0.717) is 11.1 Å². The first-order valence-corrected chi connectivity index (χ1v) is 7.14. The molecule has 0 aliphatic carbocycles. The first-order chi connectivity index (χ1) is 11.7. The third kappa shape index (κ3) is 2.86. The largest absolute Gasteiger partial charge is 0.476 e. The fourth-order valence-corrected chi connectivity index (χ4v) is 2.56. The Kier molecular flexibility index (Phi) is 3.82. The zero-order valence-electron chi connectivity index (χ0n) is 12.8. The number of carboxylic acids is 1. The van der Waals surface area contributed by atoms with Crippen molar-refractivity contribution in [3.8, 4) is 5.69 Å². The number of benzene rings is 2. The number of para-hydroxylation sites is 1. The lowest BCUT2D eigenvalue weighted by molar-refractivity contribution is -0.137. The normalized spacial score (nSPS) is 11.7. The van der Waals surface area contributed by atoms with Crippen LogP contribution in [-0.2, 0) is 6.18 Å². The van der Waals surface area contributed by atoms with Gasteiger partial charge < -0.3 is 5.11 Å². The van der Waals surface area contributed by atoms with Crippen molar-refractivity contribution in [2.24, 2.45) is 0 Å². The molecule has 1 N–H and O–H groups in total. The van der Waals surface area contributed by atoms with Gasteiger partial charge in [0.1, 0.15) is 0 Å². The van der Waals surface area contributed by atoms with Gasteiger partial charge in [-0.15, -0.1) is 0 Å². The van der Waals surface area contributed by atoms with E-state index in [2.05, 4.69) is 5.10 Å². The Balaban J connectivity index is 2.34. The average Bonchev–Trinajstić information content (AvgIpc) is 2.55. The van der Waals surface area contributed by atoms with Crippen molar-refractivity contribution < 1.29 is 23.1 Å². The van der Waals surface area contributed by atoms with Crippen LogP contribution in [0.15, 0.2) is 47.3 Å². The van der Waals surface area contributed by atoms with Crippen LogP contribution < -0.4 is 5.43 Å². The van der Waals surface area contributed by atoms with Gasteiger partial charge in [0.2, 0.25) is 11.1 Å². The minimum atomic E-state index is -4.49. The fraction of sp³-hybridized carbons (Fsp3) is 0.118. The number of hydrogen-bond acceptors (Lipinski definition) is 3. The van der Waals surface area contributed by atoms with Crippen LogP contribution in [0.25, 0.3) is 16.6 Å². The van der Waals surface area contributed by atoms with Gasteiger partial charge in [0.05, 0.1) is 22.2 Å². The summed E-state index contributed by atoms with van der Waals surface area (Å²) >= 11 is 0. The highest BCUT2D eigenvalue weighted by molar-refractivity contribution is 5.91. The van der Waals surface area contributed by atoms with E-state index < -0.39 is 28.8 Å². The average molecular weight is 348 g/mol. The van der Waals surface area contributed by atoms with Gasteiger partial charge >= 0.3 is 12.1 Å². The Morgan fingerprint density at radius 3 is 2.32 bits per heavy atom. The molecule has 3 rings (SSSR count). The summed E-state index contributed by atoms with van der Waals surface area (Å²) in [6.45, 7) is 1.70. The molecule has 1 aromatic heterocycles. The van der Waals surface area contributed by atoms with Crippen LogP contribution in [-0.4, -0.2) is 20.9 Å². The molecular weight excluding hydrogens is 337 g/mol. The minimum Gasteiger partial charge on any atom is -0.476 e. The lowest BCUT2D eigenvalue weighted by Crippen LogP contribution is -2.22. The molecule has 0 saturated heterocycles. The van der Waals surface area contributed by atoms with E-state index in [0.717, 1.165) is 12.1 Å². The molecule has 0 amide bonds. The lowest BCUT2D eigenvalue weighted by atomic mass is 10.1. The molecule has 0 radical (unpaired) electrons. The predicted octanol–water partition coefficient (Wildman–Crippen LogP) is 3.41. The number of aromatic nitrogens is 2. The number of nitrogens with zero attached hydrogens (tertiary/aromatic N) is 2. The number of aryl methyl sites for hydroxylation is 1. The quantitative estimate of drug-likeness (QED) is 0.770. The summed E-state index contributed by atoms with van der Waals surface area (Å²) in [4.78, 5) is 23.6. The van der Waals surface area contributed by atoms with Crippen LogP contribution in [0, 0.1) is 6.92 Å². The van der Waals surface area contributed by atoms with Crippen LogP contribution in [0.5, 0.6) is 0 Å². The van der Waals surface area contributed by atoms with E-state index in [-0.39, 0.29) is 11.1 Å². The van der Waals surface area contributed by atoms with Crippen molar-refractivity contribution in [2.75, 3.05) is 0 Å². The molecule has 128 valence electrons. The number of carbonyl (C=O) groups is 1.